The van der Waals surface area contributed by atoms with Crippen molar-refractivity contribution in [3.05, 3.63) is 0 Å². The summed E-state index contributed by atoms with van der Waals surface area (Å²) in [4.78, 5) is 0. The summed E-state index contributed by atoms with van der Waals surface area (Å²) in [5, 5.41) is 0. The van der Waals surface area contributed by atoms with Gasteiger partial charge in [-0.15, -0.1) is 0 Å². The van der Waals surface area contributed by atoms with Crippen LogP contribution in [0.3, 0.4) is 0 Å². The molecular formula is C12H28N2. The van der Waals surface area contributed by atoms with E-state index in [1.54, 1.807) is 0 Å². The highest BCUT2D eigenvalue weighted by Crippen LogP contribution is 2.09. The van der Waals surface area contributed by atoms with Crippen molar-refractivity contribution in [3.63, 3.8) is 0 Å². The lowest BCUT2D eigenvalue weighted by atomic mass is 10.0. The highest BCUT2D eigenvalue weighted by molar-refractivity contribution is 4.60. The quantitative estimate of drug-likeness (QED) is 0.562. The molecule has 2 atom stereocenters. The first-order valence-corrected chi connectivity index (χ1v) is 6.21. The molecule has 0 aliphatic heterocycles. The first kappa shape index (κ1) is 13.9. The fraction of sp³-hybridized carbons (Fsp3) is 1.00. The van der Waals surface area contributed by atoms with Gasteiger partial charge in [0.05, 0.1) is 0 Å². The van der Waals surface area contributed by atoms with Gasteiger partial charge in [-0.05, 0) is 25.7 Å². The van der Waals surface area contributed by atoms with E-state index < -0.39 is 0 Å². The van der Waals surface area contributed by atoms with Crippen LogP contribution in [0.15, 0.2) is 0 Å². The van der Waals surface area contributed by atoms with E-state index in [1.165, 1.54) is 38.5 Å². The fourth-order valence-electron chi connectivity index (χ4n) is 1.57. The largest absolute Gasteiger partial charge is 0.328 e. The van der Waals surface area contributed by atoms with Crippen LogP contribution in [-0.4, -0.2) is 12.1 Å². The maximum Gasteiger partial charge on any atom is 0.00362 e. The number of hydrogen-bond donors (Lipinski definition) is 2. The fourth-order valence-corrected chi connectivity index (χ4v) is 1.57. The second-order valence-corrected chi connectivity index (χ2v) is 4.33. The molecule has 0 aromatic rings. The van der Waals surface area contributed by atoms with Gasteiger partial charge >= 0.3 is 0 Å². The summed E-state index contributed by atoms with van der Waals surface area (Å²) >= 11 is 0. The van der Waals surface area contributed by atoms with Crippen LogP contribution >= 0.6 is 0 Å². The van der Waals surface area contributed by atoms with E-state index in [9.17, 15) is 0 Å². The van der Waals surface area contributed by atoms with Gasteiger partial charge in [0.2, 0.25) is 0 Å². The first-order valence-electron chi connectivity index (χ1n) is 6.21. The summed E-state index contributed by atoms with van der Waals surface area (Å²) in [5.74, 6) is 0. The van der Waals surface area contributed by atoms with E-state index in [-0.39, 0.29) is 0 Å². The van der Waals surface area contributed by atoms with Crippen LogP contribution < -0.4 is 11.5 Å². The molecule has 86 valence electrons. The standard InChI is InChI=1S/C12H28N2/c1-3-11(13)9-7-5-6-8-10-12(14)4-2/h11-12H,3-10,13-14H2,1-2H3. The van der Waals surface area contributed by atoms with E-state index in [4.69, 9.17) is 11.5 Å². The van der Waals surface area contributed by atoms with Gasteiger partial charge in [-0.1, -0.05) is 39.5 Å². The summed E-state index contributed by atoms with van der Waals surface area (Å²) in [6.45, 7) is 4.32. The van der Waals surface area contributed by atoms with E-state index in [1.807, 2.05) is 0 Å². The molecule has 0 aliphatic carbocycles. The predicted octanol–water partition coefficient (Wildman–Crippen LogP) is 2.80. The van der Waals surface area contributed by atoms with Gasteiger partial charge in [-0.2, -0.15) is 0 Å². The zero-order valence-corrected chi connectivity index (χ0v) is 9.97. The molecule has 0 aliphatic rings. The highest BCUT2D eigenvalue weighted by atomic mass is 14.6. The lowest BCUT2D eigenvalue weighted by Crippen LogP contribution is -2.18. The van der Waals surface area contributed by atoms with Crippen LogP contribution in [0.5, 0.6) is 0 Å². The molecule has 0 bridgehead atoms. The molecule has 2 heteroatoms. The van der Waals surface area contributed by atoms with Crippen LogP contribution in [-0.2, 0) is 0 Å². The SMILES string of the molecule is CCC(N)CCCCCCC(N)CC. The molecule has 0 radical (unpaired) electrons. The zero-order valence-electron chi connectivity index (χ0n) is 9.97. The summed E-state index contributed by atoms with van der Waals surface area (Å²) in [6, 6.07) is 0.848. The topological polar surface area (TPSA) is 52.0 Å². The molecule has 0 saturated carbocycles. The van der Waals surface area contributed by atoms with Gasteiger partial charge in [-0.3, -0.25) is 0 Å². The third-order valence-electron chi connectivity index (χ3n) is 2.95. The van der Waals surface area contributed by atoms with Gasteiger partial charge in [0.1, 0.15) is 0 Å². The first-order chi connectivity index (χ1) is 6.70. The summed E-state index contributed by atoms with van der Waals surface area (Å²) in [7, 11) is 0. The zero-order chi connectivity index (χ0) is 10.8. The van der Waals surface area contributed by atoms with Crippen molar-refractivity contribution in [1.29, 1.82) is 0 Å². The molecule has 4 N–H and O–H groups in total. The van der Waals surface area contributed by atoms with Crippen LogP contribution in [0.2, 0.25) is 0 Å². The molecule has 2 nitrogen and oxygen atoms in total. The monoisotopic (exact) mass is 200 g/mol. The van der Waals surface area contributed by atoms with E-state index in [2.05, 4.69) is 13.8 Å². The molecular weight excluding hydrogens is 172 g/mol. The Balaban J connectivity index is 3.06. The maximum atomic E-state index is 5.84. The lowest BCUT2D eigenvalue weighted by molar-refractivity contribution is 0.503. The van der Waals surface area contributed by atoms with Crippen molar-refractivity contribution in [2.75, 3.05) is 0 Å². The molecule has 0 heterocycles. The molecule has 0 rings (SSSR count). The van der Waals surface area contributed by atoms with Crippen LogP contribution in [0, 0.1) is 0 Å². The van der Waals surface area contributed by atoms with Crippen molar-refractivity contribution in [3.8, 4) is 0 Å². The van der Waals surface area contributed by atoms with Crippen LogP contribution in [0.4, 0.5) is 0 Å². The molecule has 0 spiro atoms. The van der Waals surface area contributed by atoms with Gasteiger partial charge in [0.15, 0.2) is 0 Å². The Bertz CT molecular complexity index is 101. The van der Waals surface area contributed by atoms with Crippen LogP contribution in [0.25, 0.3) is 0 Å². The Labute approximate surface area is 89.4 Å². The van der Waals surface area contributed by atoms with Crippen molar-refractivity contribution in [2.45, 2.75) is 77.3 Å². The van der Waals surface area contributed by atoms with Crippen LogP contribution in [0.1, 0.15) is 65.2 Å². The molecule has 0 aromatic heterocycles. The summed E-state index contributed by atoms with van der Waals surface area (Å²) in [5.41, 5.74) is 11.7. The summed E-state index contributed by atoms with van der Waals surface area (Å²) < 4.78 is 0. The number of rotatable bonds is 9. The number of nitrogens with two attached hydrogens (primary N) is 2. The Morgan fingerprint density at radius 1 is 0.714 bits per heavy atom. The van der Waals surface area contributed by atoms with E-state index in [0.29, 0.717) is 12.1 Å². The van der Waals surface area contributed by atoms with Gasteiger partial charge in [0, 0.05) is 12.1 Å². The Morgan fingerprint density at radius 3 is 1.36 bits per heavy atom. The van der Waals surface area contributed by atoms with Gasteiger partial charge in [0.25, 0.3) is 0 Å². The van der Waals surface area contributed by atoms with Gasteiger partial charge < -0.3 is 11.5 Å². The minimum absolute atomic E-state index is 0.424. The lowest BCUT2D eigenvalue weighted by Gasteiger charge is -2.09. The smallest absolute Gasteiger partial charge is 0.00362 e. The minimum Gasteiger partial charge on any atom is -0.328 e. The highest BCUT2D eigenvalue weighted by Gasteiger charge is 2.00. The molecule has 0 amide bonds. The number of unbranched alkanes of at least 4 members (excludes halogenated alkanes) is 3. The van der Waals surface area contributed by atoms with E-state index in [0.717, 1.165) is 12.8 Å². The van der Waals surface area contributed by atoms with Gasteiger partial charge in [-0.25, -0.2) is 0 Å². The summed E-state index contributed by atoms with van der Waals surface area (Å²) in [6.07, 6.45) is 9.83. The average molecular weight is 200 g/mol. The van der Waals surface area contributed by atoms with Crippen molar-refractivity contribution < 1.29 is 0 Å². The molecule has 14 heavy (non-hydrogen) atoms. The Morgan fingerprint density at radius 2 is 1.07 bits per heavy atom. The maximum absolute atomic E-state index is 5.84. The molecule has 0 aromatic carbocycles. The average Bonchev–Trinajstić information content (AvgIpc) is 2.22. The third kappa shape index (κ3) is 8.52. The molecule has 0 saturated heterocycles. The van der Waals surface area contributed by atoms with E-state index >= 15 is 0 Å². The second-order valence-electron chi connectivity index (χ2n) is 4.33. The predicted molar refractivity (Wildman–Crippen MR) is 64.2 cm³/mol. The Kier molecular flexibility index (Phi) is 9.42. The van der Waals surface area contributed by atoms with Crippen molar-refractivity contribution in [2.24, 2.45) is 11.5 Å². The molecule has 2 unspecified atom stereocenters. The van der Waals surface area contributed by atoms with Crippen molar-refractivity contribution in [1.82, 2.24) is 0 Å². The third-order valence-corrected chi connectivity index (χ3v) is 2.95. The Hall–Kier alpha value is -0.0800. The minimum atomic E-state index is 0.424. The second kappa shape index (κ2) is 9.47. The molecule has 0 fully saturated rings. The van der Waals surface area contributed by atoms with Crippen molar-refractivity contribution >= 4 is 0 Å². The normalized spacial score (nSPS) is 15.4. The number of hydrogen-bond acceptors (Lipinski definition) is 2.